The van der Waals surface area contributed by atoms with Gasteiger partial charge in [0.1, 0.15) is 59.9 Å². The van der Waals surface area contributed by atoms with Crippen LogP contribution in [0.4, 0.5) is 22.0 Å². The number of ether oxygens (including phenoxy) is 1. The van der Waals surface area contributed by atoms with Gasteiger partial charge in [-0.3, -0.25) is 62.3 Å². The summed E-state index contributed by atoms with van der Waals surface area (Å²) in [6, 6.07) is -9.37. The highest BCUT2D eigenvalue weighted by Crippen LogP contribution is 2.39. The number of carbonyl (C=O) groups is 13. The molecule has 110 heavy (non-hydrogen) atoms. The minimum atomic E-state index is -4.84. The molecule has 27 nitrogen and oxygen atoms in total. The maximum Gasteiger partial charge on any atom is 0.417 e. The number of benzene rings is 1. The normalized spacial score (nSPS) is 27.8. The zero-order valence-corrected chi connectivity index (χ0v) is 66.7. The monoisotopic (exact) mass is 1580 g/mol. The lowest BCUT2D eigenvalue weighted by atomic mass is 9.84. The van der Waals surface area contributed by atoms with Gasteiger partial charge in [-0.1, -0.05) is 110 Å². The van der Waals surface area contributed by atoms with Gasteiger partial charge in [-0.2, -0.15) is 13.2 Å². The maximum absolute atomic E-state index is 15.9. The van der Waals surface area contributed by atoms with Gasteiger partial charge in [0.2, 0.25) is 76.8 Å². The molecule has 33 heteroatoms. The van der Waals surface area contributed by atoms with Crippen molar-refractivity contribution in [3.8, 4) is 0 Å². The zero-order valence-electron chi connectivity index (χ0n) is 65.9. The molecule has 0 aromatic heterocycles. The zero-order chi connectivity index (χ0) is 81.2. The first kappa shape index (κ1) is 87.8. The molecule has 1 aromatic carbocycles. The van der Waals surface area contributed by atoms with E-state index in [2.05, 4.69) is 16.0 Å². The molecule has 10 atom stereocenters. The van der Waals surface area contributed by atoms with Crippen LogP contribution in [-0.4, -0.2) is 293 Å². The Morgan fingerprint density at radius 1 is 0.655 bits per heavy atom. The summed E-state index contributed by atoms with van der Waals surface area (Å²) in [5.74, 6) is -14.4. The van der Waals surface area contributed by atoms with E-state index in [4.69, 9.17) is 16.3 Å². The van der Waals surface area contributed by atoms with Crippen LogP contribution in [0.25, 0.3) is 0 Å². The average Bonchev–Trinajstić information content (AvgIpc) is 1.63. The van der Waals surface area contributed by atoms with E-state index in [0.29, 0.717) is 44.9 Å². The number of halogens is 6. The summed E-state index contributed by atoms with van der Waals surface area (Å²) in [6.45, 7) is 6.74. The molecule has 1 spiro atoms. The summed E-state index contributed by atoms with van der Waals surface area (Å²) in [5.41, 5.74) is -2.78. The van der Waals surface area contributed by atoms with Crippen LogP contribution in [0, 0.1) is 23.7 Å². The second kappa shape index (κ2) is 37.7. The smallest absolute Gasteiger partial charge is 0.378 e. The molecule has 1 unspecified atom stereocenters. The standard InChI is InChI=1S/C77H115ClF5N13O14/c1-13-47(4)63-72(107)88(7)48(5)67(102)96-34-31-56(96)70(105)91(10)58(41-49-21-15-14-16-22-49)69(104)87(6)43-60(97)84-54(28-26-50-25-27-52(53(78)40-50)77(81,82)83)68(103)90(9)55(29-30-61(98)95-44-76(79,80)45-95)66(101)86-75(32-19-20-33-75)74(109)93(12)64(51-23-17-18-24-51)73(108)92(11)59(71(106)94-35-37-110-38-36-94)42-62(99)89(8)57(39-46(2)3)65(100)85-63/h25,27,40,46-49,51,54-59,63-64H,13-24,26,28-39,41-45H2,1-12H3,(H,84,97)(H,85,100)(H,86,101)/t47-,48-,54-,55-,56?,57-,58-,59-,63-,64-/m0/s1. The Hall–Kier alpha value is -7.77. The van der Waals surface area contributed by atoms with E-state index in [1.807, 2.05) is 20.8 Å². The first-order valence-electron chi connectivity index (χ1n) is 39.2. The van der Waals surface area contributed by atoms with Crippen molar-refractivity contribution in [3.63, 3.8) is 0 Å². The summed E-state index contributed by atoms with van der Waals surface area (Å²) in [7, 11) is 9.52. The summed E-state index contributed by atoms with van der Waals surface area (Å²) in [4.78, 5) is 208. The van der Waals surface area contributed by atoms with Crippen molar-refractivity contribution in [1.29, 1.82) is 0 Å². The molecule has 614 valence electrons. The molecule has 0 radical (unpaired) electrons. The van der Waals surface area contributed by atoms with Crippen LogP contribution in [0.15, 0.2) is 18.2 Å². The SMILES string of the molecule is CC[C@H](C)[C@@H]1NC(=O)[C@H](CC(C)C)N(C)C(=O)C[C@@H](C(=O)N2CCOCC2)N(C)C(=O)[C@H](C2CCCC2)N(C)C(=O)C2(CCCC2)NC(=O)[C@H](CCC(=O)N2CC(F)(F)C2)N(C)C(=O)[C@H](CCc2ccc(C(F)(F)F)c(Cl)c2)NC(=O)CN(C)C(=O)[C@H](CC2CCCCC2)N(C)C(=O)C2CCN2C(=O)[C@H](C)N(C)C1=O. The lowest BCUT2D eigenvalue weighted by Gasteiger charge is -2.45. The highest BCUT2D eigenvalue weighted by Gasteiger charge is 2.53. The largest absolute Gasteiger partial charge is 0.417 e. The Labute approximate surface area is 647 Å². The van der Waals surface area contributed by atoms with Crippen molar-refractivity contribution in [2.45, 2.75) is 248 Å². The van der Waals surface area contributed by atoms with Crippen molar-refractivity contribution in [2.24, 2.45) is 23.7 Å². The van der Waals surface area contributed by atoms with Gasteiger partial charge in [0.15, 0.2) is 0 Å². The number of fused-ring (bicyclic) bond motifs is 1. The Bertz CT molecular complexity index is 3520. The molecule has 3 aliphatic carbocycles. The van der Waals surface area contributed by atoms with Crippen LogP contribution in [0.5, 0.6) is 0 Å². The predicted octanol–water partition coefficient (Wildman–Crippen LogP) is 5.50. The molecule has 3 saturated carbocycles. The quantitative estimate of drug-likeness (QED) is 0.194. The number of morpholine rings is 1. The maximum atomic E-state index is 15.9. The number of likely N-dealkylation sites (tertiary alicyclic amines) is 1. The second-order valence-corrected chi connectivity index (χ2v) is 32.7. The molecule has 8 rings (SSSR count). The lowest BCUT2D eigenvalue weighted by Crippen LogP contribution is -2.65. The summed E-state index contributed by atoms with van der Waals surface area (Å²) in [6.07, 6.45) is 0.547. The van der Waals surface area contributed by atoms with Gasteiger partial charge in [0.25, 0.3) is 5.92 Å². The topological polar surface area (TPSA) is 300 Å². The number of rotatable bonds is 14. The van der Waals surface area contributed by atoms with Gasteiger partial charge in [-0.15, -0.1) is 0 Å². The molecule has 0 bridgehead atoms. The van der Waals surface area contributed by atoms with Crippen molar-refractivity contribution < 1.29 is 89.0 Å². The van der Waals surface area contributed by atoms with Gasteiger partial charge in [-0.05, 0) is 112 Å². The molecule has 4 saturated heterocycles. The number of carbonyl (C=O) groups excluding carboxylic acids is 13. The molecule has 4 aliphatic heterocycles. The van der Waals surface area contributed by atoms with Crippen LogP contribution >= 0.6 is 11.6 Å². The minimum absolute atomic E-state index is 0.00748. The molecular formula is C77H115ClF5N13O14. The van der Waals surface area contributed by atoms with E-state index in [0.717, 1.165) is 69.9 Å². The molecule has 13 amide bonds. The van der Waals surface area contributed by atoms with Crippen LogP contribution in [0.1, 0.15) is 181 Å². The van der Waals surface area contributed by atoms with Gasteiger partial charge in [0.05, 0.1) is 49.9 Å². The first-order chi connectivity index (χ1) is 51.7. The number of nitrogens with one attached hydrogen (secondary N) is 3. The van der Waals surface area contributed by atoms with E-state index in [-0.39, 0.29) is 95.2 Å². The van der Waals surface area contributed by atoms with E-state index in [1.165, 1.54) is 85.7 Å². The van der Waals surface area contributed by atoms with Crippen molar-refractivity contribution in [1.82, 2.24) is 64.9 Å². The molecule has 3 N–H and O–H groups in total. The number of hydrogen-bond donors (Lipinski definition) is 3. The average molecular weight is 1580 g/mol. The number of aryl methyl sites for hydroxylation is 1. The Kier molecular flexibility index (Phi) is 30.1. The summed E-state index contributed by atoms with van der Waals surface area (Å²) in [5, 5.41) is 7.86. The predicted molar refractivity (Wildman–Crippen MR) is 396 cm³/mol. The number of alkyl halides is 5. The second-order valence-electron chi connectivity index (χ2n) is 32.3. The third-order valence-electron chi connectivity index (χ3n) is 24.1. The molecule has 1 aromatic rings. The molecule has 7 fully saturated rings. The first-order valence-corrected chi connectivity index (χ1v) is 39.5. The van der Waals surface area contributed by atoms with Gasteiger partial charge < -0.3 is 69.7 Å². The summed E-state index contributed by atoms with van der Waals surface area (Å²) < 4.78 is 76.3. The summed E-state index contributed by atoms with van der Waals surface area (Å²) >= 11 is 6.18. The Balaban J connectivity index is 1.22. The fraction of sp³-hybridized carbons (Fsp3) is 0.753. The van der Waals surface area contributed by atoms with Crippen molar-refractivity contribution in [3.05, 3.63) is 34.3 Å². The number of nitrogens with zero attached hydrogens (tertiary/aromatic N) is 10. The molecule has 4 heterocycles. The lowest BCUT2D eigenvalue weighted by molar-refractivity contribution is -0.166. The van der Waals surface area contributed by atoms with Crippen molar-refractivity contribution in [2.75, 3.05) is 102 Å². The Morgan fingerprint density at radius 3 is 1.85 bits per heavy atom. The number of likely N-dealkylation sites (N-methyl/N-ethyl adjacent to an activating group) is 7. The van der Waals surface area contributed by atoms with E-state index in [9.17, 15) is 45.9 Å². The highest BCUT2D eigenvalue weighted by atomic mass is 35.5. The number of hydrogen-bond acceptors (Lipinski definition) is 14. The van der Waals surface area contributed by atoms with Crippen LogP contribution in [0.3, 0.4) is 0 Å². The van der Waals surface area contributed by atoms with Gasteiger partial charge in [-0.25, -0.2) is 8.78 Å². The number of amides is 13. The fourth-order valence-corrected chi connectivity index (χ4v) is 17.1. The van der Waals surface area contributed by atoms with Crippen LogP contribution in [0.2, 0.25) is 5.02 Å². The third-order valence-corrected chi connectivity index (χ3v) is 24.5. The van der Waals surface area contributed by atoms with Crippen LogP contribution < -0.4 is 16.0 Å². The van der Waals surface area contributed by atoms with Gasteiger partial charge >= 0.3 is 6.18 Å². The minimum Gasteiger partial charge on any atom is -0.378 e. The van der Waals surface area contributed by atoms with E-state index >= 15 is 38.4 Å². The molecule has 7 aliphatic rings. The van der Waals surface area contributed by atoms with E-state index in [1.54, 1.807) is 6.92 Å². The van der Waals surface area contributed by atoms with Gasteiger partial charge in [0, 0.05) is 75.4 Å². The Morgan fingerprint density at radius 2 is 1.27 bits per heavy atom. The van der Waals surface area contributed by atoms with Crippen LogP contribution in [-0.2, 0) is 79.7 Å². The van der Waals surface area contributed by atoms with E-state index < -0.39 is 210 Å². The highest BCUT2D eigenvalue weighted by molar-refractivity contribution is 6.31. The molecular weight excluding hydrogens is 1460 g/mol. The third kappa shape index (κ3) is 20.9. The van der Waals surface area contributed by atoms with Crippen molar-refractivity contribution >= 4 is 88.4 Å². The fourth-order valence-electron chi connectivity index (χ4n) is 16.7.